The predicted molar refractivity (Wildman–Crippen MR) is 99.6 cm³/mol. The summed E-state index contributed by atoms with van der Waals surface area (Å²) in [6.07, 6.45) is 3.24. The van der Waals surface area contributed by atoms with Crippen molar-refractivity contribution in [1.82, 2.24) is 10.2 Å². The summed E-state index contributed by atoms with van der Waals surface area (Å²) in [7, 11) is 0. The molecule has 2 aromatic rings. The topological polar surface area (TPSA) is 41.6 Å². The molecule has 0 spiro atoms. The van der Waals surface area contributed by atoms with Gasteiger partial charge in [-0.05, 0) is 49.1 Å². The van der Waals surface area contributed by atoms with Crippen molar-refractivity contribution in [1.29, 1.82) is 0 Å². The molecule has 4 nitrogen and oxygen atoms in total. The van der Waals surface area contributed by atoms with Crippen molar-refractivity contribution < 1.29 is 9.53 Å². The van der Waals surface area contributed by atoms with Gasteiger partial charge in [-0.15, -0.1) is 0 Å². The van der Waals surface area contributed by atoms with Gasteiger partial charge in [0.1, 0.15) is 5.75 Å². The number of nitrogens with zero attached hydrogens (tertiary/aromatic N) is 1. The predicted octanol–water partition coefficient (Wildman–Crippen LogP) is 3.02. The van der Waals surface area contributed by atoms with Crippen LogP contribution in [-0.2, 0) is 17.8 Å². The summed E-state index contributed by atoms with van der Waals surface area (Å²) in [6, 6.07) is 18.1. The fraction of sp³-hybridized carbons (Fsp3) is 0.381. The van der Waals surface area contributed by atoms with Crippen LogP contribution in [0, 0.1) is 0 Å². The number of carbonyl (C=O) groups excluding carboxylic acids is 1. The number of fused-ring (bicyclic) bond motifs is 1. The third-order valence-electron chi connectivity index (χ3n) is 4.55. The fourth-order valence-electron chi connectivity index (χ4n) is 3.15. The van der Waals surface area contributed by atoms with E-state index in [1.165, 1.54) is 11.1 Å². The van der Waals surface area contributed by atoms with E-state index in [-0.39, 0.29) is 12.5 Å². The van der Waals surface area contributed by atoms with Crippen LogP contribution in [0.4, 0.5) is 0 Å². The maximum absolute atomic E-state index is 11.8. The highest BCUT2D eigenvalue weighted by Gasteiger charge is 2.14. The summed E-state index contributed by atoms with van der Waals surface area (Å²) < 4.78 is 5.43. The third kappa shape index (κ3) is 5.61. The van der Waals surface area contributed by atoms with Gasteiger partial charge in [-0.25, -0.2) is 0 Å². The van der Waals surface area contributed by atoms with Gasteiger partial charge in [-0.1, -0.05) is 42.5 Å². The second kappa shape index (κ2) is 9.23. The molecule has 0 fully saturated rings. The van der Waals surface area contributed by atoms with Crippen LogP contribution in [0.1, 0.15) is 24.0 Å². The first-order valence-corrected chi connectivity index (χ1v) is 9.05. The molecule has 3 rings (SSSR count). The minimum atomic E-state index is -0.0595. The second-order valence-corrected chi connectivity index (χ2v) is 6.45. The molecule has 1 aliphatic heterocycles. The first-order chi connectivity index (χ1) is 12.3. The van der Waals surface area contributed by atoms with Crippen molar-refractivity contribution in [3.8, 4) is 5.75 Å². The molecular formula is C21H26N2O2. The van der Waals surface area contributed by atoms with Crippen LogP contribution in [-0.4, -0.2) is 37.0 Å². The van der Waals surface area contributed by atoms with Crippen molar-refractivity contribution in [2.24, 2.45) is 0 Å². The number of amides is 1. The Morgan fingerprint density at radius 1 is 1.00 bits per heavy atom. The lowest BCUT2D eigenvalue weighted by Crippen LogP contribution is -2.32. The SMILES string of the molecule is O=C(COc1ccccc1)NCCCCN1CCc2ccccc2C1. The number of carbonyl (C=O) groups is 1. The molecule has 1 heterocycles. The van der Waals surface area contributed by atoms with Crippen LogP contribution in [0.25, 0.3) is 0 Å². The molecule has 0 unspecified atom stereocenters. The Morgan fingerprint density at radius 2 is 1.76 bits per heavy atom. The van der Waals surface area contributed by atoms with E-state index in [1.807, 2.05) is 30.3 Å². The van der Waals surface area contributed by atoms with Gasteiger partial charge >= 0.3 is 0 Å². The normalized spacial score (nSPS) is 13.9. The molecule has 132 valence electrons. The number of hydrogen-bond acceptors (Lipinski definition) is 3. The zero-order chi connectivity index (χ0) is 17.3. The minimum absolute atomic E-state index is 0.0595. The lowest BCUT2D eigenvalue weighted by molar-refractivity contribution is -0.123. The van der Waals surface area contributed by atoms with Crippen molar-refractivity contribution >= 4 is 5.91 Å². The van der Waals surface area contributed by atoms with Crippen LogP contribution in [0.3, 0.4) is 0 Å². The molecule has 0 aromatic heterocycles. The molecule has 0 atom stereocenters. The summed E-state index contributed by atoms with van der Waals surface area (Å²) >= 11 is 0. The average molecular weight is 338 g/mol. The smallest absolute Gasteiger partial charge is 0.257 e. The van der Waals surface area contributed by atoms with Crippen LogP contribution < -0.4 is 10.1 Å². The Morgan fingerprint density at radius 3 is 2.60 bits per heavy atom. The van der Waals surface area contributed by atoms with Gasteiger partial charge in [0.25, 0.3) is 5.91 Å². The van der Waals surface area contributed by atoms with Crippen molar-refractivity contribution in [3.05, 3.63) is 65.7 Å². The van der Waals surface area contributed by atoms with E-state index in [0.29, 0.717) is 6.54 Å². The van der Waals surface area contributed by atoms with Crippen molar-refractivity contribution in [2.45, 2.75) is 25.8 Å². The highest BCUT2D eigenvalue weighted by molar-refractivity contribution is 5.77. The Bertz CT molecular complexity index is 673. The zero-order valence-electron chi connectivity index (χ0n) is 14.6. The second-order valence-electron chi connectivity index (χ2n) is 6.45. The lowest BCUT2D eigenvalue weighted by atomic mass is 10.00. The minimum Gasteiger partial charge on any atom is -0.484 e. The van der Waals surface area contributed by atoms with Gasteiger partial charge in [0.15, 0.2) is 6.61 Å². The van der Waals surface area contributed by atoms with E-state index < -0.39 is 0 Å². The van der Waals surface area contributed by atoms with E-state index in [2.05, 4.69) is 34.5 Å². The molecule has 4 heteroatoms. The number of benzene rings is 2. The first-order valence-electron chi connectivity index (χ1n) is 9.05. The largest absolute Gasteiger partial charge is 0.484 e. The van der Waals surface area contributed by atoms with Crippen molar-refractivity contribution in [3.63, 3.8) is 0 Å². The molecular weight excluding hydrogens is 312 g/mol. The van der Waals surface area contributed by atoms with E-state index in [1.54, 1.807) is 0 Å². The molecule has 1 N–H and O–H groups in total. The van der Waals surface area contributed by atoms with E-state index in [0.717, 1.165) is 44.6 Å². The highest BCUT2D eigenvalue weighted by Crippen LogP contribution is 2.18. The quantitative estimate of drug-likeness (QED) is 0.752. The summed E-state index contributed by atoms with van der Waals surface area (Å²) in [5, 5.41) is 2.92. The molecule has 2 aromatic carbocycles. The summed E-state index contributed by atoms with van der Waals surface area (Å²) in [5.41, 5.74) is 2.95. The van der Waals surface area contributed by atoms with Gasteiger partial charge in [-0.3, -0.25) is 9.69 Å². The van der Waals surface area contributed by atoms with E-state index in [4.69, 9.17) is 4.74 Å². The van der Waals surface area contributed by atoms with Gasteiger partial charge < -0.3 is 10.1 Å². The monoisotopic (exact) mass is 338 g/mol. The Kier molecular flexibility index (Phi) is 6.46. The summed E-state index contributed by atoms with van der Waals surface area (Å²) in [4.78, 5) is 14.3. The van der Waals surface area contributed by atoms with Crippen LogP contribution in [0.15, 0.2) is 54.6 Å². The third-order valence-corrected chi connectivity index (χ3v) is 4.55. The molecule has 1 amide bonds. The lowest BCUT2D eigenvalue weighted by Gasteiger charge is -2.28. The maximum Gasteiger partial charge on any atom is 0.257 e. The van der Waals surface area contributed by atoms with Gasteiger partial charge in [0.2, 0.25) is 0 Å². The van der Waals surface area contributed by atoms with Crippen LogP contribution in [0.5, 0.6) is 5.75 Å². The highest BCUT2D eigenvalue weighted by atomic mass is 16.5. The molecule has 0 saturated heterocycles. The number of para-hydroxylation sites is 1. The molecule has 25 heavy (non-hydrogen) atoms. The van der Waals surface area contributed by atoms with Gasteiger partial charge in [0.05, 0.1) is 0 Å². The summed E-state index contributed by atoms with van der Waals surface area (Å²) in [5.74, 6) is 0.666. The Labute approximate surface area is 149 Å². The number of ether oxygens (including phenoxy) is 1. The van der Waals surface area contributed by atoms with Gasteiger partial charge in [-0.2, -0.15) is 0 Å². The molecule has 0 aliphatic carbocycles. The standard InChI is InChI=1S/C21H26N2O2/c24-21(17-25-20-10-2-1-3-11-20)22-13-6-7-14-23-15-12-18-8-4-5-9-19(18)16-23/h1-5,8-11H,6-7,12-17H2,(H,22,24). The number of unbranched alkanes of at least 4 members (excludes halogenated alkanes) is 1. The Hall–Kier alpha value is -2.33. The van der Waals surface area contributed by atoms with E-state index >= 15 is 0 Å². The first kappa shape index (κ1) is 17.5. The number of nitrogens with one attached hydrogen (secondary N) is 1. The fourth-order valence-corrected chi connectivity index (χ4v) is 3.15. The summed E-state index contributed by atoms with van der Waals surface area (Å²) in [6.45, 7) is 4.06. The van der Waals surface area contributed by atoms with Crippen LogP contribution >= 0.6 is 0 Å². The van der Waals surface area contributed by atoms with E-state index in [9.17, 15) is 4.79 Å². The van der Waals surface area contributed by atoms with Crippen LogP contribution in [0.2, 0.25) is 0 Å². The zero-order valence-corrected chi connectivity index (χ0v) is 14.6. The number of rotatable bonds is 8. The maximum atomic E-state index is 11.8. The van der Waals surface area contributed by atoms with Crippen molar-refractivity contribution in [2.75, 3.05) is 26.2 Å². The average Bonchev–Trinajstić information content (AvgIpc) is 2.67. The molecule has 0 radical (unpaired) electrons. The molecule has 0 saturated carbocycles. The van der Waals surface area contributed by atoms with Gasteiger partial charge in [0, 0.05) is 19.6 Å². The Balaban J connectivity index is 1.26. The number of hydrogen-bond donors (Lipinski definition) is 1. The molecule has 1 aliphatic rings. The molecule has 0 bridgehead atoms.